The number of primary amides is 1. The number of nitrogens with one attached hydrogen (secondary N) is 2. The third-order valence-corrected chi connectivity index (χ3v) is 2.61. The van der Waals surface area contributed by atoms with Gasteiger partial charge in [0, 0.05) is 11.8 Å². The highest BCUT2D eigenvalue weighted by atomic mass is 19.4. The molecular formula is C11H10F3N3O. The Labute approximate surface area is 101 Å². The van der Waals surface area contributed by atoms with Gasteiger partial charge in [-0.15, -0.1) is 0 Å². The topological polar surface area (TPSA) is 67.2 Å². The summed E-state index contributed by atoms with van der Waals surface area (Å²) in [5, 5.41) is 0. The first-order valence-electron chi connectivity index (χ1n) is 5.10. The highest BCUT2D eigenvalue weighted by Gasteiger charge is 2.35. The molecule has 0 fully saturated rings. The average Bonchev–Trinajstić information content (AvgIpc) is 2.80. The van der Waals surface area contributed by atoms with Gasteiger partial charge in [0.05, 0.1) is 11.3 Å². The van der Waals surface area contributed by atoms with Crippen LogP contribution in [-0.2, 0) is 4.79 Å². The maximum atomic E-state index is 12.6. The zero-order chi connectivity index (χ0) is 13.3. The molecule has 4 N–H and O–H groups in total. The summed E-state index contributed by atoms with van der Waals surface area (Å²) in [5.74, 6) is -0.880. The van der Waals surface area contributed by atoms with E-state index in [1.165, 1.54) is 0 Å². The van der Waals surface area contributed by atoms with Crippen LogP contribution in [-0.4, -0.2) is 12.1 Å². The largest absolute Gasteiger partial charge is 0.416 e. The van der Waals surface area contributed by atoms with Crippen LogP contribution in [0.4, 0.5) is 13.2 Å². The Morgan fingerprint density at radius 1 is 1.39 bits per heavy atom. The fourth-order valence-electron chi connectivity index (χ4n) is 1.76. The lowest BCUT2D eigenvalue weighted by molar-refractivity contribution is -0.114. The molecule has 0 atom stereocenters. The van der Waals surface area contributed by atoms with Crippen LogP contribution in [0.2, 0.25) is 0 Å². The fourth-order valence-corrected chi connectivity index (χ4v) is 1.76. The second kappa shape index (κ2) is 4.25. The molecule has 0 radical (unpaired) electrons. The minimum absolute atomic E-state index is 0.00201. The van der Waals surface area contributed by atoms with E-state index in [1.807, 2.05) is 0 Å². The van der Waals surface area contributed by atoms with Crippen molar-refractivity contribution in [1.29, 1.82) is 0 Å². The molecule has 4 nitrogen and oxygen atoms in total. The normalized spacial score (nSPS) is 23.1. The van der Waals surface area contributed by atoms with Crippen LogP contribution in [0.1, 0.15) is 6.42 Å². The van der Waals surface area contributed by atoms with E-state index in [1.54, 1.807) is 12.3 Å². The number of alkyl halides is 3. The number of allylic oxidation sites excluding steroid dienone is 4. The number of hydrazine groups is 1. The fraction of sp³-hybridized carbons (Fsp3) is 0.182. The molecule has 0 bridgehead atoms. The summed E-state index contributed by atoms with van der Waals surface area (Å²) < 4.78 is 37.7. The van der Waals surface area contributed by atoms with Crippen molar-refractivity contribution in [1.82, 2.24) is 10.9 Å². The second-order valence-electron chi connectivity index (χ2n) is 3.78. The van der Waals surface area contributed by atoms with Gasteiger partial charge in [-0.3, -0.25) is 4.79 Å². The molecule has 0 unspecified atom stereocenters. The molecule has 0 saturated heterocycles. The lowest BCUT2D eigenvalue weighted by Crippen LogP contribution is -2.25. The number of nitrogens with two attached hydrogens (primary N) is 1. The number of carbonyl (C=O) groups excluding carboxylic acids is 1. The van der Waals surface area contributed by atoms with Gasteiger partial charge >= 0.3 is 6.18 Å². The summed E-state index contributed by atoms with van der Waals surface area (Å²) in [6, 6.07) is 0. The van der Waals surface area contributed by atoms with E-state index in [-0.39, 0.29) is 12.0 Å². The predicted molar refractivity (Wildman–Crippen MR) is 58.5 cm³/mol. The lowest BCUT2D eigenvalue weighted by Gasteiger charge is -2.18. The van der Waals surface area contributed by atoms with Crippen molar-refractivity contribution in [2.45, 2.75) is 12.6 Å². The first-order valence-corrected chi connectivity index (χ1v) is 5.10. The van der Waals surface area contributed by atoms with Gasteiger partial charge in [0.15, 0.2) is 0 Å². The Morgan fingerprint density at radius 3 is 2.61 bits per heavy atom. The van der Waals surface area contributed by atoms with Crippen LogP contribution in [0.5, 0.6) is 0 Å². The van der Waals surface area contributed by atoms with E-state index >= 15 is 0 Å². The van der Waals surface area contributed by atoms with Crippen molar-refractivity contribution in [2.24, 2.45) is 5.73 Å². The van der Waals surface area contributed by atoms with Crippen molar-refractivity contribution < 1.29 is 18.0 Å². The first kappa shape index (κ1) is 12.3. The zero-order valence-electron chi connectivity index (χ0n) is 9.14. The SMILES string of the molecule is NC(=O)C1=CC(C(F)(F)F)=CCC1=C1C=CNN1. The van der Waals surface area contributed by atoms with Crippen LogP contribution in [0.25, 0.3) is 0 Å². The Hall–Kier alpha value is -2.18. The molecule has 18 heavy (non-hydrogen) atoms. The molecular weight excluding hydrogens is 247 g/mol. The van der Waals surface area contributed by atoms with Gasteiger partial charge in [-0.2, -0.15) is 13.2 Å². The highest BCUT2D eigenvalue weighted by molar-refractivity contribution is 5.98. The Bertz CT molecular complexity index is 512. The maximum absolute atomic E-state index is 12.6. The molecule has 1 aliphatic heterocycles. The van der Waals surface area contributed by atoms with Crippen LogP contribution in [0, 0.1) is 0 Å². The van der Waals surface area contributed by atoms with Crippen molar-refractivity contribution >= 4 is 5.91 Å². The number of rotatable bonds is 1. The van der Waals surface area contributed by atoms with E-state index in [4.69, 9.17) is 5.73 Å². The molecule has 0 saturated carbocycles. The highest BCUT2D eigenvalue weighted by Crippen LogP contribution is 2.34. The van der Waals surface area contributed by atoms with Crippen molar-refractivity contribution in [3.05, 3.63) is 46.8 Å². The van der Waals surface area contributed by atoms with Gasteiger partial charge in [-0.25, -0.2) is 0 Å². The molecule has 7 heteroatoms. The average molecular weight is 257 g/mol. The van der Waals surface area contributed by atoms with E-state index in [2.05, 4.69) is 10.9 Å². The lowest BCUT2D eigenvalue weighted by atomic mass is 9.91. The summed E-state index contributed by atoms with van der Waals surface area (Å²) in [6.07, 6.45) is 0.527. The van der Waals surface area contributed by atoms with Crippen molar-refractivity contribution in [3.8, 4) is 0 Å². The molecule has 2 rings (SSSR count). The Kier molecular flexibility index (Phi) is 2.90. The number of carbonyl (C=O) groups is 1. The van der Waals surface area contributed by atoms with Gasteiger partial charge < -0.3 is 16.6 Å². The molecule has 0 aromatic rings. The number of amides is 1. The minimum Gasteiger partial charge on any atom is -0.366 e. The van der Waals surface area contributed by atoms with E-state index in [0.717, 1.165) is 12.2 Å². The summed E-state index contributed by atoms with van der Waals surface area (Å²) in [5.41, 5.74) is 10.5. The van der Waals surface area contributed by atoms with Gasteiger partial charge in [-0.05, 0) is 24.1 Å². The third kappa shape index (κ3) is 2.24. The summed E-state index contributed by atoms with van der Waals surface area (Å²) in [6.45, 7) is 0. The zero-order valence-corrected chi connectivity index (χ0v) is 9.14. The van der Waals surface area contributed by atoms with Crippen molar-refractivity contribution in [2.75, 3.05) is 0 Å². The van der Waals surface area contributed by atoms with E-state index in [9.17, 15) is 18.0 Å². The summed E-state index contributed by atoms with van der Waals surface area (Å²) >= 11 is 0. The molecule has 1 amide bonds. The quantitative estimate of drug-likeness (QED) is 0.660. The molecule has 0 aromatic carbocycles. The van der Waals surface area contributed by atoms with Gasteiger partial charge in [0.2, 0.25) is 5.91 Å². The molecule has 96 valence electrons. The summed E-state index contributed by atoms with van der Waals surface area (Å²) in [7, 11) is 0. The van der Waals surface area contributed by atoms with Crippen LogP contribution >= 0.6 is 0 Å². The monoisotopic (exact) mass is 257 g/mol. The molecule has 1 aliphatic carbocycles. The molecule has 2 aliphatic rings. The predicted octanol–water partition coefficient (Wildman–Crippen LogP) is 1.17. The number of hydrogen-bond donors (Lipinski definition) is 3. The van der Waals surface area contributed by atoms with Crippen molar-refractivity contribution in [3.63, 3.8) is 0 Å². The number of halogens is 3. The standard InChI is InChI=1S/C11H10F3N3O/c12-11(13,14)6-1-2-7(8(5-6)10(15)18)9-3-4-16-17-9/h1,3-5,16-17H,2H2,(H2,15,18). The minimum atomic E-state index is -4.48. The third-order valence-electron chi connectivity index (χ3n) is 2.61. The Morgan fingerprint density at radius 2 is 2.11 bits per heavy atom. The second-order valence-corrected chi connectivity index (χ2v) is 3.78. The van der Waals surface area contributed by atoms with E-state index < -0.39 is 17.7 Å². The van der Waals surface area contributed by atoms with Gasteiger partial charge in [-0.1, -0.05) is 6.08 Å². The summed E-state index contributed by atoms with van der Waals surface area (Å²) in [4.78, 5) is 11.2. The maximum Gasteiger partial charge on any atom is 0.416 e. The van der Waals surface area contributed by atoms with Crippen LogP contribution in [0.3, 0.4) is 0 Å². The number of hydrogen-bond acceptors (Lipinski definition) is 3. The van der Waals surface area contributed by atoms with E-state index in [0.29, 0.717) is 11.3 Å². The van der Waals surface area contributed by atoms with Gasteiger partial charge in [0.25, 0.3) is 0 Å². The molecule has 1 heterocycles. The van der Waals surface area contributed by atoms with Crippen LogP contribution < -0.4 is 16.6 Å². The molecule has 0 aromatic heterocycles. The first-order chi connectivity index (χ1) is 8.39. The van der Waals surface area contributed by atoms with Gasteiger partial charge in [0.1, 0.15) is 0 Å². The smallest absolute Gasteiger partial charge is 0.366 e. The van der Waals surface area contributed by atoms with Crippen LogP contribution in [0.15, 0.2) is 46.8 Å². The molecule has 0 spiro atoms. The Balaban J connectivity index is 2.43.